The molecule has 2 atom stereocenters. The van der Waals surface area contributed by atoms with Gasteiger partial charge in [-0.3, -0.25) is 39.5 Å². The van der Waals surface area contributed by atoms with E-state index in [0.717, 1.165) is 62.1 Å². The quantitative estimate of drug-likeness (QED) is 0.140. The first-order valence-corrected chi connectivity index (χ1v) is 23.6. The first-order chi connectivity index (χ1) is 32.1. The Kier molecular flexibility index (Phi) is 12.1. The molecule has 0 radical (unpaired) electrons. The lowest BCUT2D eigenvalue weighted by Crippen LogP contribution is -2.47. The Labute approximate surface area is 384 Å². The highest BCUT2D eigenvalue weighted by Gasteiger charge is 2.42. The van der Waals surface area contributed by atoms with Gasteiger partial charge in [-0.1, -0.05) is 18.2 Å². The van der Waals surface area contributed by atoms with E-state index in [-0.39, 0.29) is 47.6 Å². The molecule has 342 valence electrons. The Balaban J connectivity index is 0.736. The van der Waals surface area contributed by atoms with E-state index in [0.29, 0.717) is 73.3 Å². The van der Waals surface area contributed by atoms with E-state index < -0.39 is 35.6 Å². The van der Waals surface area contributed by atoms with E-state index in [4.69, 9.17) is 0 Å². The zero-order valence-corrected chi connectivity index (χ0v) is 37.1. The van der Waals surface area contributed by atoms with Crippen LogP contribution in [0.5, 0.6) is 0 Å². The maximum atomic E-state index is 16.0. The number of imide groups is 1. The minimum absolute atomic E-state index is 0.0229. The molecule has 5 aromatic rings. The average Bonchev–Trinajstić information content (AvgIpc) is 4.11. The molecule has 18 heteroatoms. The monoisotopic (exact) mass is 916 g/mol. The van der Waals surface area contributed by atoms with Gasteiger partial charge >= 0.3 is 0 Å². The number of hydrogen-bond acceptors (Lipinski definition) is 11. The van der Waals surface area contributed by atoms with Gasteiger partial charge in [0.1, 0.15) is 17.7 Å². The van der Waals surface area contributed by atoms with E-state index in [2.05, 4.69) is 35.7 Å². The smallest absolute Gasteiger partial charge is 0.255 e. The zero-order valence-electron chi connectivity index (χ0n) is 36.3. The number of nitrogens with zero attached hydrogens (tertiary/aromatic N) is 7. The van der Waals surface area contributed by atoms with Crippen LogP contribution in [0.15, 0.2) is 72.5 Å². The van der Waals surface area contributed by atoms with Crippen molar-refractivity contribution in [3.63, 3.8) is 0 Å². The van der Waals surface area contributed by atoms with Crippen LogP contribution in [0.1, 0.15) is 83.4 Å². The first kappa shape index (κ1) is 43.4. The maximum Gasteiger partial charge on any atom is 0.255 e. The van der Waals surface area contributed by atoms with Crippen molar-refractivity contribution in [2.24, 2.45) is 0 Å². The molecule has 2 aromatic heterocycles. The Morgan fingerprint density at radius 3 is 2.45 bits per heavy atom. The Morgan fingerprint density at radius 2 is 1.68 bits per heavy atom. The Hall–Kier alpha value is -6.53. The van der Waals surface area contributed by atoms with Crippen molar-refractivity contribution in [2.45, 2.75) is 76.0 Å². The molecule has 3 N–H and O–H groups in total. The average molecular weight is 917 g/mol. The molecule has 0 spiro atoms. The molecular weight excluding hydrogens is 867 g/mol. The third-order valence-electron chi connectivity index (χ3n) is 13.7. The van der Waals surface area contributed by atoms with Gasteiger partial charge in [0, 0.05) is 78.9 Å². The molecule has 3 fully saturated rings. The fourth-order valence-corrected chi connectivity index (χ4v) is 10.7. The molecule has 66 heavy (non-hydrogen) atoms. The third kappa shape index (κ3) is 8.78. The van der Waals surface area contributed by atoms with Crippen LogP contribution in [-0.2, 0) is 38.7 Å². The number of piperidine rings is 2. The molecule has 7 heterocycles. The van der Waals surface area contributed by atoms with Crippen molar-refractivity contribution < 1.29 is 32.8 Å². The number of fused-ring (bicyclic) bond motifs is 2. The molecule has 3 saturated heterocycles. The molecular formula is C48H50F2N10O5S. The predicted octanol–water partition coefficient (Wildman–Crippen LogP) is 5.70. The van der Waals surface area contributed by atoms with Crippen molar-refractivity contribution in [2.75, 3.05) is 61.3 Å². The van der Waals surface area contributed by atoms with E-state index in [1.54, 1.807) is 36.1 Å². The molecule has 3 aromatic carbocycles. The molecule has 15 nitrogen and oxygen atoms in total. The number of carbonyl (C=O) groups excluding carboxylic acids is 5. The molecule has 0 bridgehead atoms. The molecule has 2 unspecified atom stereocenters. The fraction of sp³-hybridized carbons (Fsp3) is 0.396. The van der Waals surface area contributed by atoms with Gasteiger partial charge in [-0.05, 0) is 111 Å². The number of thiazole rings is 1. The molecule has 0 aliphatic carbocycles. The lowest BCUT2D eigenvalue weighted by Gasteiger charge is -2.33. The first-order valence-electron chi connectivity index (χ1n) is 22.7. The molecule has 5 amide bonds. The minimum atomic E-state index is -1.06. The van der Waals surface area contributed by atoms with Crippen molar-refractivity contribution in [3.05, 3.63) is 112 Å². The predicted molar refractivity (Wildman–Crippen MR) is 244 cm³/mol. The summed E-state index contributed by atoms with van der Waals surface area (Å²) in [6, 6.07) is 14.3. The number of amides is 5. The molecule has 0 saturated carbocycles. The highest BCUT2D eigenvalue weighted by molar-refractivity contribution is 7.13. The van der Waals surface area contributed by atoms with Crippen molar-refractivity contribution >= 4 is 57.4 Å². The van der Waals surface area contributed by atoms with Crippen molar-refractivity contribution in [3.8, 4) is 11.1 Å². The summed E-state index contributed by atoms with van der Waals surface area (Å²) < 4.78 is 33.3. The number of aromatic nitrogens is 3. The number of benzene rings is 3. The second-order valence-electron chi connectivity index (χ2n) is 17.7. The van der Waals surface area contributed by atoms with E-state index >= 15 is 8.78 Å². The summed E-state index contributed by atoms with van der Waals surface area (Å²) in [5, 5.41) is 10.3. The number of anilines is 3. The summed E-state index contributed by atoms with van der Waals surface area (Å²) in [5.74, 6) is -2.33. The largest absolute Gasteiger partial charge is 0.374 e. The molecule has 5 aliphatic rings. The summed E-state index contributed by atoms with van der Waals surface area (Å²) in [4.78, 5) is 81.7. The number of hydrogen-bond donors (Lipinski definition) is 3. The van der Waals surface area contributed by atoms with Crippen LogP contribution in [0.3, 0.4) is 0 Å². The van der Waals surface area contributed by atoms with Gasteiger partial charge in [-0.2, -0.15) is 0 Å². The van der Waals surface area contributed by atoms with Gasteiger partial charge < -0.3 is 24.6 Å². The summed E-state index contributed by atoms with van der Waals surface area (Å²) in [7, 11) is 0. The van der Waals surface area contributed by atoms with Gasteiger partial charge in [0.25, 0.3) is 11.8 Å². The van der Waals surface area contributed by atoms with Gasteiger partial charge in [0.2, 0.25) is 17.7 Å². The number of halogens is 2. The second kappa shape index (κ2) is 18.4. The number of nitrogens with one attached hydrogen (secondary N) is 3. The summed E-state index contributed by atoms with van der Waals surface area (Å²) in [6.07, 6.45) is 7.78. The van der Waals surface area contributed by atoms with Crippen molar-refractivity contribution in [1.82, 2.24) is 34.6 Å². The second-order valence-corrected chi connectivity index (χ2v) is 18.6. The van der Waals surface area contributed by atoms with Gasteiger partial charge in [0.15, 0.2) is 11.2 Å². The van der Waals surface area contributed by atoms with Gasteiger partial charge in [-0.25, -0.2) is 18.7 Å². The lowest BCUT2D eigenvalue weighted by molar-refractivity contribution is -0.134. The van der Waals surface area contributed by atoms with Crippen LogP contribution >= 0.6 is 11.3 Å². The maximum absolute atomic E-state index is 16.0. The number of rotatable bonds is 11. The Bertz CT molecular complexity index is 2690. The van der Waals surface area contributed by atoms with Crippen LogP contribution in [-0.4, -0.2) is 111 Å². The molecule has 10 rings (SSSR count). The zero-order chi connectivity index (χ0) is 45.5. The minimum Gasteiger partial charge on any atom is -0.374 e. The number of likely N-dealkylation sites (tertiary alicyclic amines) is 1. The molecule has 5 aliphatic heterocycles. The van der Waals surface area contributed by atoms with Crippen molar-refractivity contribution in [1.29, 1.82) is 0 Å². The van der Waals surface area contributed by atoms with Crippen LogP contribution in [0.4, 0.5) is 25.3 Å². The standard InChI is InChI=1S/C48H50F2N10O5S/c49-37-24-31(23-35-36(37)26-60(47(35)65)44(46(64)55-48-51-14-22-66-48)43-40-3-1-15-59(40)28-52-43)29-4-7-33(8-5-29)57-16-2-17-58(21-20-57)42(62)27-56-18-12-30(13-19-56)34-9-6-32(25-38(34)50)53-39-10-11-41(61)54-45(39)63/h4-9,14,22-25,28,30,39,44,53H,1-3,10-13,15-21,26-27H2,(H,51,55,64)(H,54,61,63). The third-order valence-corrected chi connectivity index (χ3v) is 14.4. The summed E-state index contributed by atoms with van der Waals surface area (Å²) in [6.45, 7) is 5.00. The highest BCUT2D eigenvalue weighted by Crippen LogP contribution is 2.38. The normalized spacial score (nSPS) is 19.6. The van der Waals surface area contributed by atoms with Crippen LogP contribution < -0.4 is 20.9 Å². The summed E-state index contributed by atoms with van der Waals surface area (Å²) >= 11 is 1.27. The lowest BCUT2D eigenvalue weighted by atomic mass is 9.89. The fourth-order valence-electron chi connectivity index (χ4n) is 10.1. The summed E-state index contributed by atoms with van der Waals surface area (Å²) in [5.41, 5.74) is 5.28. The number of carbonyl (C=O) groups is 5. The number of imidazole rings is 1. The van der Waals surface area contributed by atoms with E-state index in [1.165, 1.54) is 28.4 Å². The van der Waals surface area contributed by atoms with Gasteiger partial charge in [0.05, 0.1) is 25.1 Å². The highest BCUT2D eigenvalue weighted by atomic mass is 32.1. The number of aryl methyl sites for hydroxylation is 1. The topological polar surface area (TPSA) is 165 Å². The SMILES string of the molecule is O=C1CCC(Nc2ccc(C3CCN(CC(=O)N4CCCN(c5ccc(-c6cc(F)c7c(c6)C(=O)N(C(C(=O)Nc6nccs6)c6ncn8c6CCC8)C7)cc5)CC4)CC3)c(F)c2)C(=O)N1. The van der Waals surface area contributed by atoms with Crippen LogP contribution in [0.2, 0.25) is 0 Å². The Morgan fingerprint density at radius 1 is 0.848 bits per heavy atom. The van der Waals surface area contributed by atoms with Crippen LogP contribution in [0, 0.1) is 11.6 Å². The van der Waals surface area contributed by atoms with E-state index in [9.17, 15) is 24.0 Å². The van der Waals surface area contributed by atoms with E-state index in [1.807, 2.05) is 33.7 Å². The van der Waals surface area contributed by atoms with Crippen LogP contribution in [0.25, 0.3) is 11.1 Å². The van der Waals surface area contributed by atoms with Gasteiger partial charge in [-0.15, -0.1) is 11.3 Å².